The monoisotopic (exact) mass is 285 g/mol. The number of aromatic nitrogens is 2. The number of amides is 1. The van der Waals surface area contributed by atoms with Crippen molar-refractivity contribution in [2.45, 2.75) is 33.2 Å². The van der Waals surface area contributed by atoms with Gasteiger partial charge in [-0.05, 0) is 39.8 Å². The highest BCUT2D eigenvalue weighted by Gasteiger charge is 2.20. The van der Waals surface area contributed by atoms with Gasteiger partial charge in [0, 0.05) is 17.3 Å². The average molecular weight is 285 g/mol. The van der Waals surface area contributed by atoms with Gasteiger partial charge in [0.1, 0.15) is 0 Å². The highest BCUT2D eigenvalue weighted by atomic mass is 16.2. The Hall–Kier alpha value is -2.43. The van der Waals surface area contributed by atoms with Crippen molar-refractivity contribution in [1.82, 2.24) is 15.1 Å². The Morgan fingerprint density at radius 2 is 1.81 bits per heavy atom. The van der Waals surface area contributed by atoms with E-state index in [1.807, 2.05) is 51.1 Å². The number of rotatable bonds is 2. The molecular weight excluding hydrogens is 266 g/mol. The molecule has 0 spiro atoms. The molecule has 0 saturated heterocycles. The van der Waals surface area contributed by atoms with Crippen LogP contribution in [0.4, 0.5) is 0 Å². The summed E-state index contributed by atoms with van der Waals surface area (Å²) < 4.78 is 1.60. The van der Waals surface area contributed by atoms with Gasteiger partial charge in [0.15, 0.2) is 5.69 Å². The van der Waals surface area contributed by atoms with Gasteiger partial charge >= 0.3 is 0 Å². The molecule has 2 aromatic rings. The van der Waals surface area contributed by atoms with Crippen LogP contribution in [0.5, 0.6) is 0 Å². The van der Waals surface area contributed by atoms with Gasteiger partial charge < -0.3 is 5.32 Å². The van der Waals surface area contributed by atoms with Gasteiger partial charge in [0.2, 0.25) is 5.43 Å². The number of hydrogen-bond donors (Lipinski definition) is 1. The van der Waals surface area contributed by atoms with E-state index in [0.717, 1.165) is 5.69 Å². The first kappa shape index (κ1) is 15.0. The molecule has 0 bridgehead atoms. The second-order valence-corrected chi connectivity index (χ2v) is 5.95. The zero-order valence-electron chi connectivity index (χ0n) is 12.7. The largest absolute Gasteiger partial charge is 0.346 e. The maximum Gasteiger partial charge on any atom is 0.276 e. The summed E-state index contributed by atoms with van der Waals surface area (Å²) >= 11 is 0. The summed E-state index contributed by atoms with van der Waals surface area (Å²) in [5.74, 6) is -0.461. The van der Waals surface area contributed by atoms with Crippen LogP contribution in [0.1, 0.15) is 37.0 Å². The molecular formula is C16H19N3O2. The second-order valence-electron chi connectivity index (χ2n) is 5.95. The Morgan fingerprint density at radius 1 is 1.19 bits per heavy atom. The summed E-state index contributed by atoms with van der Waals surface area (Å²) in [6.07, 6.45) is 0. The minimum absolute atomic E-state index is 0.0978. The number of aryl methyl sites for hydroxylation is 1. The SMILES string of the molecule is Cc1cc(=O)c(C(=O)NC(C)(C)C)nn1-c1ccccc1. The van der Waals surface area contributed by atoms with Crippen molar-refractivity contribution in [3.8, 4) is 5.69 Å². The molecule has 1 amide bonds. The van der Waals surface area contributed by atoms with Gasteiger partial charge in [-0.25, -0.2) is 4.68 Å². The molecule has 1 N–H and O–H groups in total. The Balaban J connectivity index is 2.50. The molecule has 0 aliphatic heterocycles. The molecule has 0 aliphatic rings. The van der Waals surface area contributed by atoms with Crippen molar-refractivity contribution in [3.63, 3.8) is 0 Å². The van der Waals surface area contributed by atoms with Gasteiger partial charge in [0.25, 0.3) is 5.91 Å². The van der Waals surface area contributed by atoms with E-state index in [4.69, 9.17) is 0 Å². The third-order valence-electron chi connectivity index (χ3n) is 2.81. The first-order valence-electron chi connectivity index (χ1n) is 6.77. The fourth-order valence-corrected chi connectivity index (χ4v) is 1.94. The lowest BCUT2D eigenvalue weighted by molar-refractivity contribution is 0.0911. The molecule has 110 valence electrons. The number of nitrogens with one attached hydrogen (secondary N) is 1. The average Bonchev–Trinajstić information content (AvgIpc) is 2.37. The molecule has 0 atom stereocenters. The van der Waals surface area contributed by atoms with Crippen LogP contribution in [0.25, 0.3) is 5.69 Å². The van der Waals surface area contributed by atoms with Crippen molar-refractivity contribution < 1.29 is 4.79 Å². The molecule has 0 unspecified atom stereocenters. The van der Waals surface area contributed by atoms with Crippen molar-refractivity contribution in [1.29, 1.82) is 0 Å². The number of carbonyl (C=O) groups is 1. The molecule has 5 nitrogen and oxygen atoms in total. The molecule has 0 radical (unpaired) electrons. The van der Waals surface area contributed by atoms with Crippen LogP contribution in [-0.2, 0) is 0 Å². The minimum atomic E-state index is -0.461. The van der Waals surface area contributed by atoms with E-state index in [2.05, 4.69) is 10.4 Å². The van der Waals surface area contributed by atoms with E-state index in [1.54, 1.807) is 11.6 Å². The first-order chi connectivity index (χ1) is 9.78. The summed E-state index contributed by atoms with van der Waals surface area (Å²) in [6.45, 7) is 7.35. The number of carbonyl (C=O) groups excluding carboxylic acids is 1. The minimum Gasteiger partial charge on any atom is -0.346 e. The fourth-order valence-electron chi connectivity index (χ4n) is 1.94. The zero-order chi connectivity index (χ0) is 15.6. The molecule has 0 fully saturated rings. The molecule has 0 saturated carbocycles. The third-order valence-corrected chi connectivity index (χ3v) is 2.81. The van der Waals surface area contributed by atoms with E-state index < -0.39 is 11.4 Å². The van der Waals surface area contributed by atoms with Crippen LogP contribution in [-0.4, -0.2) is 21.2 Å². The predicted octanol–water partition coefficient (Wildman–Crippen LogP) is 2.07. The lowest BCUT2D eigenvalue weighted by atomic mass is 10.1. The number of hydrogen-bond acceptors (Lipinski definition) is 3. The quantitative estimate of drug-likeness (QED) is 0.918. The van der Waals surface area contributed by atoms with E-state index in [9.17, 15) is 9.59 Å². The summed E-state index contributed by atoms with van der Waals surface area (Å²) in [6, 6.07) is 10.8. The van der Waals surface area contributed by atoms with Crippen LogP contribution in [0.3, 0.4) is 0 Å². The van der Waals surface area contributed by atoms with Crippen LogP contribution in [0, 0.1) is 6.92 Å². The van der Waals surface area contributed by atoms with E-state index >= 15 is 0 Å². The molecule has 1 aromatic carbocycles. The molecule has 21 heavy (non-hydrogen) atoms. The van der Waals surface area contributed by atoms with Crippen LogP contribution >= 0.6 is 0 Å². The van der Waals surface area contributed by atoms with Gasteiger partial charge in [-0.15, -0.1) is 0 Å². The Bertz CT molecular complexity index is 713. The summed E-state index contributed by atoms with van der Waals surface area (Å²) in [4.78, 5) is 24.2. The first-order valence-corrected chi connectivity index (χ1v) is 6.77. The molecule has 1 heterocycles. The Morgan fingerprint density at radius 3 is 2.38 bits per heavy atom. The maximum absolute atomic E-state index is 12.2. The summed E-state index contributed by atoms with van der Waals surface area (Å²) in [5.41, 5.74) is 0.590. The van der Waals surface area contributed by atoms with Crippen LogP contribution < -0.4 is 10.7 Å². The number of nitrogens with zero attached hydrogens (tertiary/aromatic N) is 2. The van der Waals surface area contributed by atoms with Crippen molar-refractivity contribution in [3.05, 3.63) is 58.0 Å². The standard InChI is InChI=1S/C16H19N3O2/c1-11-10-13(20)14(15(21)17-16(2,3)4)18-19(11)12-8-6-5-7-9-12/h5-10H,1-4H3,(H,17,21). The summed E-state index contributed by atoms with van der Waals surface area (Å²) in [7, 11) is 0. The van der Waals surface area contributed by atoms with Gasteiger partial charge in [0.05, 0.1) is 5.69 Å². The number of benzene rings is 1. The normalized spacial score (nSPS) is 11.2. The van der Waals surface area contributed by atoms with E-state index in [-0.39, 0.29) is 11.1 Å². The Kier molecular flexibility index (Phi) is 3.93. The topological polar surface area (TPSA) is 64.0 Å². The lowest BCUT2D eigenvalue weighted by Gasteiger charge is -2.20. The molecule has 2 rings (SSSR count). The van der Waals surface area contributed by atoms with E-state index in [0.29, 0.717) is 5.69 Å². The molecule has 5 heteroatoms. The number of para-hydroxylation sites is 1. The van der Waals surface area contributed by atoms with Crippen LogP contribution in [0.2, 0.25) is 0 Å². The maximum atomic E-state index is 12.2. The van der Waals surface area contributed by atoms with E-state index in [1.165, 1.54) is 6.07 Å². The second kappa shape index (κ2) is 5.52. The highest BCUT2D eigenvalue weighted by Crippen LogP contribution is 2.08. The van der Waals surface area contributed by atoms with Crippen molar-refractivity contribution in [2.24, 2.45) is 0 Å². The zero-order valence-corrected chi connectivity index (χ0v) is 12.7. The highest BCUT2D eigenvalue weighted by molar-refractivity contribution is 5.92. The fraction of sp³-hybridized carbons (Fsp3) is 0.312. The summed E-state index contributed by atoms with van der Waals surface area (Å²) in [5, 5.41) is 6.98. The molecule has 1 aromatic heterocycles. The van der Waals surface area contributed by atoms with Crippen molar-refractivity contribution in [2.75, 3.05) is 0 Å². The molecule has 0 aliphatic carbocycles. The van der Waals surface area contributed by atoms with Crippen molar-refractivity contribution >= 4 is 5.91 Å². The smallest absolute Gasteiger partial charge is 0.276 e. The Labute approximate surface area is 123 Å². The van der Waals surface area contributed by atoms with Crippen LogP contribution in [0.15, 0.2) is 41.2 Å². The van der Waals surface area contributed by atoms with Gasteiger partial charge in [-0.2, -0.15) is 5.10 Å². The lowest BCUT2D eigenvalue weighted by Crippen LogP contribution is -2.43. The predicted molar refractivity (Wildman–Crippen MR) is 81.8 cm³/mol. The third kappa shape index (κ3) is 3.56. The van der Waals surface area contributed by atoms with Gasteiger partial charge in [-0.3, -0.25) is 9.59 Å². The van der Waals surface area contributed by atoms with Gasteiger partial charge in [-0.1, -0.05) is 18.2 Å².